The molecule has 0 radical (unpaired) electrons. The molecule has 0 aromatic carbocycles. The van der Waals surface area contributed by atoms with Crippen molar-refractivity contribution >= 4 is 5.91 Å². The van der Waals surface area contributed by atoms with E-state index >= 15 is 0 Å². The molecule has 2 unspecified atom stereocenters. The Kier molecular flexibility index (Phi) is 3.34. The van der Waals surface area contributed by atoms with Crippen LogP contribution in [-0.2, 0) is 4.79 Å². The van der Waals surface area contributed by atoms with E-state index in [2.05, 4.69) is 15.5 Å². The standard InChI is InChI=1S/C13H23N3O/c17-13(7-10-8-14-9-10)15-11-4-6-16-5-2-1-3-12(11)16/h10-12,14H,1-9H2,(H,15,17). The molecule has 0 saturated carbocycles. The SMILES string of the molecule is O=C(CC1CNC1)NC1CCN2CCCCC12. The summed E-state index contributed by atoms with van der Waals surface area (Å²) in [4.78, 5) is 14.5. The Morgan fingerprint density at radius 3 is 2.88 bits per heavy atom. The van der Waals surface area contributed by atoms with Crippen LogP contribution in [-0.4, -0.2) is 49.1 Å². The molecule has 0 aliphatic carbocycles. The monoisotopic (exact) mass is 237 g/mol. The van der Waals surface area contributed by atoms with Crippen LogP contribution in [0.3, 0.4) is 0 Å². The number of rotatable bonds is 3. The number of amides is 1. The van der Waals surface area contributed by atoms with Gasteiger partial charge in [0.1, 0.15) is 0 Å². The van der Waals surface area contributed by atoms with Gasteiger partial charge in [-0.1, -0.05) is 6.42 Å². The molecule has 1 amide bonds. The second-order valence-electron chi connectivity index (χ2n) is 5.79. The highest BCUT2D eigenvalue weighted by Crippen LogP contribution is 2.27. The van der Waals surface area contributed by atoms with E-state index in [9.17, 15) is 4.79 Å². The molecule has 3 rings (SSSR count). The quantitative estimate of drug-likeness (QED) is 0.744. The Balaban J connectivity index is 1.49. The lowest BCUT2D eigenvalue weighted by atomic mass is 9.96. The number of fused-ring (bicyclic) bond motifs is 1. The molecule has 17 heavy (non-hydrogen) atoms. The van der Waals surface area contributed by atoms with E-state index in [4.69, 9.17) is 0 Å². The van der Waals surface area contributed by atoms with Crippen molar-refractivity contribution in [1.82, 2.24) is 15.5 Å². The second-order valence-corrected chi connectivity index (χ2v) is 5.79. The second kappa shape index (κ2) is 4.94. The fourth-order valence-electron chi connectivity index (χ4n) is 3.44. The highest BCUT2D eigenvalue weighted by molar-refractivity contribution is 5.76. The average molecular weight is 237 g/mol. The lowest BCUT2D eigenvalue weighted by Gasteiger charge is -2.33. The van der Waals surface area contributed by atoms with Gasteiger partial charge in [0, 0.05) is 25.0 Å². The first-order valence-electron chi connectivity index (χ1n) is 7.07. The number of hydrogen-bond acceptors (Lipinski definition) is 3. The largest absolute Gasteiger partial charge is 0.352 e. The zero-order valence-corrected chi connectivity index (χ0v) is 10.5. The van der Waals surface area contributed by atoms with Crippen molar-refractivity contribution in [1.29, 1.82) is 0 Å². The maximum absolute atomic E-state index is 11.9. The molecular formula is C13H23N3O. The van der Waals surface area contributed by atoms with Crippen LogP contribution >= 0.6 is 0 Å². The summed E-state index contributed by atoms with van der Waals surface area (Å²) in [6, 6.07) is 1.06. The lowest BCUT2D eigenvalue weighted by molar-refractivity contribution is -0.123. The summed E-state index contributed by atoms with van der Waals surface area (Å²) in [6.45, 7) is 4.46. The van der Waals surface area contributed by atoms with E-state index in [0.717, 1.165) is 25.9 Å². The topological polar surface area (TPSA) is 44.4 Å². The zero-order valence-electron chi connectivity index (χ0n) is 10.5. The summed E-state index contributed by atoms with van der Waals surface area (Å²) < 4.78 is 0. The van der Waals surface area contributed by atoms with Crippen molar-refractivity contribution in [2.75, 3.05) is 26.2 Å². The van der Waals surface area contributed by atoms with E-state index in [0.29, 0.717) is 18.0 Å². The summed E-state index contributed by atoms with van der Waals surface area (Å²) in [5.74, 6) is 0.854. The van der Waals surface area contributed by atoms with Crippen LogP contribution < -0.4 is 10.6 Å². The Hall–Kier alpha value is -0.610. The third kappa shape index (κ3) is 2.47. The van der Waals surface area contributed by atoms with Gasteiger partial charge in [0.05, 0.1) is 0 Å². The molecule has 2 atom stereocenters. The van der Waals surface area contributed by atoms with Gasteiger partial charge < -0.3 is 10.6 Å². The zero-order chi connectivity index (χ0) is 11.7. The van der Waals surface area contributed by atoms with Crippen molar-refractivity contribution in [3.05, 3.63) is 0 Å². The molecule has 2 N–H and O–H groups in total. The van der Waals surface area contributed by atoms with Gasteiger partial charge in [-0.2, -0.15) is 0 Å². The van der Waals surface area contributed by atoms with Gasteiger partial charge in [0.25, 0.3) is 0 Å². The van der Waals surface area contributed by atoms with Crippen LogP contribution in [0.4, 0.5) is 0 Å². The lowest BCUT2D eigenvalue weighted by Crippen LogP contribution is -2.49. The third-order valence-electron chi connectivity index (χ3n) is 4.54. The number of carbonyl (C=O) groups excluding carboxylic acids is 1. The predicted molar refractivity (Wildman–Crippen MR) is 66.7 cm³/mol. The minimum absolute atomic E-state index is 0.272. The van der Waals surface area contributed by atoms with Crippen molar-refractivity contribution in [2.45, 2.75) is 44.2 Å². The molecule has 0 bridgehead atoms. The average Bonchev–Trinajstić information content (AvgIpc) is 2.68. The number of piperidine rings is 1. The van der Waals surface area contributed by atoms with Crippen molar-refractivity contribution in [3.63, 3.8) is 0 Å². The predicted octanol–water partition coefficient (Wildman–Crippen LogP) is 0.339. The molecule has 3 heterocycles. The molecular weight excluding hydrogens is 214 g/mol. The van der Waals surface area contributed by atoms with Gasteiger partial charge >= 0.3 is 0 Å². The molecule has 0 spiro atoms. The fraction of sp³-hybridized carbons (Fsp3) is 0.923. The van der Waals surface area contributed by atoms with Crippen LogP contribution in [0.25, 0.3) is 0 Å². The molecule has 0 aromatic rings. The van der Waals surface area contributed by atoms with E-state index in [1.54, 1.807) is 0 Å². The number of nitrogens with one attached hydrogen (secondary N) is 2. The normalized spacial score (nSPS) is 34.1. The number of hydrogen-bond donors (Lipinski definition) is 2. The highest BCUT2D eigenvalue weighted by atomic mass is 16.1. The minimum atomic E-state index is 0.272. The van der Waals surface area contributed by atoms with Gasteiger partial charge in [-0.05, 0) is 44.8 Å². The fourth-order valence-corrected chi connectivity index (χ4v) is 3.44. The minimum Gasteiger partial charge on any atom is -0.352 e. The van der Waals surface area contributed by atoms with E-state index in [-0.39, 0.29) is 5.91 Å². The summed E-state index contributed by atoms with van der Waals surface area (Å²) in [5, 5.41) is 6.49. The molecule has 4 heteroatoms. The molecule has 3 aliphatic rings. The molecule has 4 nitrogen and oxygen atoms in total. The maximum Gasteiger partial charge on any atom is 0.220 e. The Morgan fingerprint density at radius 2 is 2.12 bits per heavy atom. The molecule has 3 aliphatic heterocycles. The maximum atomic E-state index is 11.9. The van der Waals surface area contributed by atoms with Crippen molar-refractivity contribution in [3.8, 4) is 0 Å². The van der Waals surface area contributed by atoms with E-state index < -0.39 is 0 Å². The van der Waals surface area contributed by atoms with Gasteiger partial charge in [0.2, 0.25) is 5.91 Å². The van der Waals surface area contributed by atoms with Crippen LogP contribution in [0.15, 0.2) is 0 Å². The molecule has 96 valence electrons. The van der Waals surface area contributed by atoms with Gasteiger partial charge in [-0.25, -0.2) is 0 Å². The summed E-state index contributed by atoms with van der Waals surface area (Å²) in [5.41, 5.74) is 0. The first-order valence-corrected chi connectivity index (χ1v) is 7.07. The Bertz CT molecular complexity index is 290. The first kappa shape index (κ1) is 11.5. The third-order valence-corrected chi connectivity index (χ3v) is 4.54. The van der Waals surface area contributed by atoms with Gasteiger partial charge in [-0.15, -0.1) is 0 Å². The van der Waals surface area contributed by atoms with Crippen molar-refractivity contribution < 1.29 is 4.79 Å². The first-order chi connectivity index (χ1) is 8.33. The van der Waals surface area contributed by atoms with Gasteiger partial charge in [-0.3, -0.25) is 9.69 Å². The van der Waals surface area contributed by atoms with E-state index in [1.165, 1.54) is 32.4 Å². The van der Waals surface area contributed by atoms with Gasteiger partial charge in [0.15, 0.2) is 0 Å². The molecule has 0 aromatic heterocycles. The molecule has 3 saturated heterocycles. The summed E-state index contributed by atoms with van der Waals surface area (Å²) >= 11 is 0. The Morgan fingerprint density at radius 1 is 1.24 bits per heavy atom. The number of carbonyl (C=O) groups is 1. The summed E-state index contributed by atoms with van der Waals surface area (Å²) in [6.07, 6.45) is 5.82. The number of nitrogens with zero attached hydrogens (tertiary/aromatic N) is 1. The van der Waals surface area contributed by atoms with Crippen LogP contribution in [0, 0.1) is 5.92 Å². The van der Waals surface area contributed by atoms with Crippen LogP contribution in [0.1, 0.15) is 32.1 Å². The van der Waals surface area contributed by atoms with Crippen molar-refractivity contribution in [2.24, 2.45) is 5.92 Å². The Labute approximate surface area is 103 Å². The highest BCUT2D eigenvalue weighted by Gasteiger charge is 2.36. The van der Waals surface area contributed by atoms with Crippen LogP contribution in [0.2, 0.25) is 0 Å². The van der Waals surface area contributed by atoms with Crippen LogP contribution in [0.5, 0.6) is 0 Å². The molecule has 3 fully saturated rings. The summed E-state index contributed by atoms with van der Waals surface area (Å²) in [7, 11) is 0. The van der Waals surface area contributed by atoms with E-state index in [1.807, 2.05) is 0 Å². The smallest absolute Gasteiger partial charge is 0.220 e.